The molecule has 5 aromatic rings. The Hall–Kier alpha value is -3.44. The molecule has 0 saturated carbocycles. The lowest BCUT2D eigenvalue weighted by molar-refractivity contribution is 0.578. The van der Waals surface area contributed by atoms with Crippen LogP contribution < -0.4 is 31.8 Å². The van der Waals surface area contributed by atoms with Gasteiger partial charge in [0.25, 0.3) is 0 Å². The van der Waals surface area contributed by atoms with E-state index in [4.69, 9.17) is 0 Å². The van der Waals surface area contributed by atoms with Gasteiger partial charge in [-0.05, 0) is 50.0 Å². The Bertz CT molecular complexity index is 1840. The first kappa shape index (κ1) is 37.8. The maximum absolute atomic E-state index is 16.7. The molecule has 2 nitrogen and oxygen atoms in total. The Balaban J connectivity index is 1.96. The molecule has 0 heterocycles. The van der Waals surface area contributed by atoms with E-state index in [0.717, 1.165) is 43.5 Å². The predicted octanol–water partition coefficient (Wildman–Crippen LogP) is 10.2. The van der Waals surface area contributed by atoms with Gasteiger partial charge in [0, 0.05) is 31.8 Å². The number of hydrogen-bond acceptors (Lipinski definition) is 2. The number of rotatable bonds is 6. The molecule has 0 atom stereocenters. The molecule has 0 radical (unpaired) electrons. The van der Waals surface area contributed by atoms with Crippen molar-refractivity contribution in [1.82, 2.24) is 0 Å². The molecule has 0 aliphatic rings. The van der Waals surface area contributed by atoms with Crippen molar-refractivity contribution in [1.29, 1.82) is 0 Å². The van der Waals surface area contributed by atoms with Crippen molar-refractivity contribution in [2.75, 3.05) is 0 Å². The number of benzene rings is 5. The van der Waals surface area contributed by atoms with E-state index in [1.807, 2.05) is 72.8 Å². The molecule has 0 aliphatic carbocycles. The third kappa shape index (κ3) is 6.92. The minimum Gasteiger partial charge on any atom is -0.309 e. The molecule has 0 amide bonds. The summed E-state index contributed by atoms with van der Waals surface area (Å²) < 4.78 is 33.3. The van der Waals surface area contributed by atoms with Gasteiger partial charge >= 0.3 is 0 Å². The van der Waals surface area contributed by atoms with Crippen LogP contribution in [0.5, 0.6) is 0 Å². The van der Waals surface area contributed by atoms with Gasteiger partial charge < -0.3 is 9.13 Å². The monoisotopic (exact) mass is 702 g/mol. The van der Waals surface area contributed by atoms with Crippen LogP contribution in [-0.2, 0) is 30.8 Å². The minimum atomic E-state index is -3.53. The van der Waals surface area contributed by atoms with Gasteiger partial charge in [-0.3, -0.25) is 0 Å². The minimum absolute atomic E-state index is 0.257. The molecule has 0 N–H and O–H groups in total. The van der Waals surface area contributed by atoms with E-state index < -0.39 is 14.3 Å². The molecule has 262 valence electrons. The molecule has 4 heteroatoms. The zero-order chi connectivity index (χ0) is 36.9. The summed E-state index contributed by atoms with van der Waals surface area (Å²) in [4.78, 5) is 0. The second-order valence-corrected chi connectivity index (χ2v) is 23.2. The molecule has 5 aromatic carbocycles. The summed E-state index contributed by atoms with van der Waals surface area (Å²) in [7, 11) is -7.07. The van der Waals surface area contributed by atoms with E-state index >= 15 is 9.13 Å². The summed E-state index contributed by atoms with van der Waals surface area (Å²) in [5, 5.41) is 4.74. The van der Waals surface area contributed by atoms with Gasteiger partial charge in [0.05, 0.1) is 0 Å². The molecule has 0 unspecified atom stereocenters. The molecule has 0 fully saturated rings. The van der Waals surface area contributed by atoms with Crippen LogP contribution in [0.3, 0.4) is 0 Å². The van der Waals surface area contributed by atoms with Crippen LogP contribution in [0.15, 0.2) is 121 Å². The molecule has 0 aliphatic heterocycles. The zero-order valence-corrected chi connectivity index (χ0v) is 34.0. The third-order valence-corrected chi connectivity index (χ3v) is 16.0. The summed E-state index contributed by atoms with van der Waals surface area (Å²) in [6, 6.07) is 40.9. The molecule has 5 rings (SSSR count). The van der Waals surface area contributed by atoms with Gasteiger partial charge in [-0.1, -0.05) is 198 Å². The SMILES string of the molecule is CC(C)(C)c1ccccc1P(=O)(c1cccc(P(=O)(c2ccccc2C(C)(C)C)c2ccccc2C(C)(C)C)c1)c1ccccc1C(C)(C)C. The lowest BCUT2D eigenvalue weighted by atomic mass is 9.87. The van der Waals surface area contributed by atoms with Crippen LogP contribution in [-0.4, -0.2) is 0 Å². The van der Waals surface area contributed by atoms with E-state index in [0.29, 0.717) is 10.6 Å². The molecular weight excluding hydrogens is 646 g/mol. The van der Waals surface area contributed by atoms with Crippen LogP contribution in [0.1, 0.15) is 105 Å². The fraction of sp³-hybridized carbons (Fsp3) is 0.348. The predicted molar refractivity (Wildman–Crippen MR) is 220 cm³/mol. The third-order valence-electron chi connectivity index (χ3n) is 9.76. The van der Waals surface area contributed by atoms with Crippen LogP contribution in [0.25, 0.3) is 0 Å². The van der Waals surface area contributed by atoms with Gasteiger partial charge in [0.1, 0.15) is 0 Å². The average Bonchev–Trinajstić information content (AvgIpc) is 3.06. The Kier molecular flexibility index (Phi) is 10.0. The standard InChI is InChI=1S/C46H56O2P2/c1-43(2,3)35-24-13-17-28-39(35)49(47,40-29-18-14-25-36(40)44(4,5)6)33-22-21-23-34(32-33)50(48,41-30-19-15-26-37(41)45(7,8)9)42-31-20-16-27-38(42)46(10,11)12/h13-32H,1-12H3. The highest BCUT2D eigenvalue weighted by Crippen LogP contribution is 2.51. The highest BCUT2D eigenvalue weighted by atomic mass is 31.2. The Labute approximate surface area is 302 Å². The summed E-state index contributed by atoms with van der Waals surface area (Å²) in [5.41, 5.74) is 3.18. The maximum atomic E-state index is 16.7. The van der Waals surface area contributed by atoms with E-state index in [1.165, 1.54) is 0 Å². The Morgan fingerprint density at radius 1 is 0.320 bits per heavy atom. The first-order valence-corrected chi connectivity index (χ1v) is 21.3. The molecule has 0 saturated heterocycles. The zero-order valence-electron chi connectivity index (χ0n) is 32.3. The van der Waals surface area contributed by atoms with Crippen molar-refractivity contribution in [3.8, 4) is 0 Å². The second kappa shape index (κ2) is 13.3. The fourth-order valence-corrected chi connectivity index (χ4v) is 14.4. The van der Waals surface area contributed by atoms with Crippen LogP contribution >= 0.6 is 14.3 Å². The molecule has 0 aromatic heterocycles. The van der Waals surface area contributed by atoms with Crippen LogP contribution in [0, 0.1) is 0 Å². The van der Waals surface area contributed by atoms with E-state index in [9.17, 15) is 0 Å². The summed E-state index contributed by atoms with van der Waals surface area (Å²) in [6.07, 6.45) is 0. The quantitative estimate of drug-likeness (QED) is 0.165. The Morgan fingerprint density at radius 2 is 0.540 bits per heavy atom. The summed E-state index contributed by atoms with van der Waals surface area (Å²) >= 11 is 0. The normalized spacial score (nSPS) is 13.4. The van der Waals surface area contributed by atoms with Gasteiger partial charge in [0.2, 0.25) is 0 Å². The first-order chi connectivity index (χ1) is 23.1. The smallest absolute Gasteiger partial charge is 0.171 e. The van der Waals surface area contributed by atoms with Crippen molar-refractivity contribution in [2.45, 2.75) is 105 Å². The Morgan fingerprint density at radius 3 is 0.760 bits per heavy atom. The topological polar surface area (TPSA) is 34.1 Å². The maximum Gasteiger partial charge on any atom is 0.171 e. The highest BCUT2D eigenvalue weighted by Gasteiger charge is 2.41. The molecule has 0 bridgehead atoms. The van der Waals surface area contributed by atoms with Gasteiger partial charge in [-0.25, -0.2) is 0 Å². The van der Waals surface area contributed by atoms with E-state index in [2.05, 4.69) is 132 Å². The van der Waals surface area contributed by atoms with Crippen molar-refractivity contribution < 1.29 is 9.13 Å². The van der Waals surface area contributed by atoms with Gasteiger partial charge in [-0.15, -0.1) is 0 Å². The van der Waals surface area contributed by atoms with Crippen LogP contribution in [0.4, 0.5) is 0 Å². The van der Waals surface area contributed by atoms with Crippen molar-refractivity contribution in [3.63, 3.8) is 0 Å². The lowest BCUT2D eigenvalue weighted by Gasteiger charge is -2.34. The fourth-order valence-electron chi connectivity index (χ4n) is 7.23. The molecular formula is C46H56O2P2. The van der Waals surface area contributed by atoms with E-state index in [-0.39, 0.29) is 21.7 Å². The lowest BCUT2D eigenvalue weighted by Crippen LogP contribution is -2.38. The van der Waals surface area contributed by atoms with Gasteiger partial charge in [-0.2, -0.15) is 0 Å². The molecule has 0 spiro atoms. The molecule has 50 heavy (non-hydrogen) atoms. The van der Waals surface area contributed by atoms with Crippen molar-refractivity contribution in [3.05, 3.63) is 144 Å². The highest BCUT2D eigenvalue weighted by molar-refractivity contribution is 7.87. The van der Waals surface area contributed by atoms with Crippen molar-refractivity contribution >= 4 is 46.1 Å². The number of hydrogen-bond donors (Lipinski definition) is 0. The second-order valence-electron chi connectivity index (χ2n) is 17.8. The van der Waals surface area contributed by atoms with Crippen LogP contribution in [0.2, 0.25) is 0 Å². The first-order valence-electron chi connectivity index (χ1n) is 17.8. The summed E-state index contributed by atoms with van der Waals surface area (Å²) in [6.45, 7) is 26.2. The van der Waals surface area contributed by atoms with E-state index in [1.54, 1.807) is 0 Å². The summed E-state index contributed by atoms with van der Waals surface area (Å²) in [5.74, 6) is 0. The van der Waals surface area contributed by atoms with Gasteiger partial charge in [0.15, 0.2) is 14.3 Å². The average molecular weight is 703 g/mol. The largest absolute Gasteiger partial charge is 0.309 e. The van der Waals surface area contributed by atoms with Crippen molar-refractivity contribution in [2.24, 2.45) is 0 Å².